The molecule has 48 valence electrons. The van der Waals surface area contributed by atoms with Crippen LogP contribution in [0.15, 0.2) is 35.8 Å². The molecule has 0 atom stereocenters. The molecule has 0 aromatic carbocycles. The van der Waals surface area contributed by atoms with Crippen molar-refractivity contribution in [3.05, 3.63) is 35.8 Å². The number of hydrogen-bond donors (Lipinski definition) is 2. The average Bonchev–Trinajstić information content (AvgIpc) is 1.80. The molecule has 0 amide bonds. The van der Waals surface area contributed by atoms with Gasteiger partial charge < -0.3 is 10.8 Å². The maximum Gasteiger partial charge on any atom is 0.120 e. The Bertz CT molecular complexity index is 201. The highest BCUT2D eigenvalue weighted by atomic mass is 16.3. The summed E-state index contributed by atoms with van der Waals surface area (Å²) in [6.45, 7) is 3.61. The lowest BCUT2D eigenvalue weighted by molar-refractivity contribution is 0.419. The van der Waals surface area contributed by atoms with Crippen molar-refractivity contribution in [2.45, 2.75) is 6.42 Å². The van der Waals surface area contributed by atoms with Gasteiger partial charge in [0.25, 0.3) is 0 Å². The van der Waals surface area contributed by atoms with E-state index in [1.54, 1.807) is 0 Å². The summed E-state index contributed by atoms with van der Waals surface area (Å²) in [5.41, 5.74) is 6.71. The molecule has 3 N–H and O–H groups in total. The van der Waals surface area contributed by atoms with Crippen LogP contribution in [0, 0.1) is 0 Å². The summed E-state index contributed by atoms with van der Waals surface area (Å²) < 4.78 is 0. The van der Waals surface area contributed by atoms with E-state index >= 15 is 0 Å². The van der Waals surface area contributed by atoms with E-state index in [1.165, 1.54) is 6.08 Å². The van der Waals surface area contributed by atoms with Gasteiger partial charge in [-0.15, -0.1) is 0 Å². The lowest BCUT2D eigenvalue weighted by atomic mass is 10.1. The van der Waals surface area contributed by atoms with Crippen LogP contribution in [-0.4, -0.2) is 5.11 Å². The van der Waals surface area contributed by atoms with Crippen LogP contribution in [0.4, 0.5) is 0 Å². The summed E-state index contributed by atoms with van der Waals surface area (Å²) >= 11 is 0. The first-order valence-corrected chi connectivity index (χ1v) is 2.74. The van der Waals surface area contributed by atoms with Crippen molar-refractivity contribution < 1.29 is 5.11 Å². The summed E-state index contributed by atoms with van der Waals surface area (Å²) in [5.74, 6) is 0.204. The molecule has 0 fully saturated rings. The van der Waals surface area contributed by atoms with Crippen molar-refractivity contribution in [3.8, 4) is 0 Å². The first kappa shape index (κ1) is 5.95. The second-order valence-electron chi connectivity index (χ2n) is 2.04. The quantitative estimate of drug-likeness (QED) is 0.509. The summed E-state index contributed by atoms with van der Waals surface area (Å²) in [5, 5.41) is 8.99. The van der Waals surface area contributed by atoms with Crippen molar-refractivity contribution in [1.82, 2.24) is 0 Å². The van der Waals surface area contributed by atoms with E-state index in [-0.39, 0.29) is 5.76 Å². The van der Waals surface area contributed by atoms with Gasteiger partial charge in [-0.1, -0.05) is 12.7 Å². The summed E-state index contributed by atoms with van der Waals surface area (Å²) in [4.78, 5) is 0. The molecule has 0 spiro atoms. The van der Waals surface area contributed by atoms with Crippen molar-refractivity contribution in [1.29, 1.82) is 0 Å². The Balaban J connectivity index is 2.87. The van der Waals surface area contributed by atoms with Crippen LogP contribution in [0.25, 0.3) is 0 Å². The second-order valence-corrected chi connectivity index (χ2v) is 2.04. The molecule has 1 aliphatic carbocycles. The number of allylic oxidation sites excluding steroid dienone is 3. The van der Waals surface area contributed by atoms with Gasteiger partial charge in [0.15, 0.2) is 0 Å². The van der Waals surface area contributed by atoms with Gasteiger partial charge in [-0.2, -0.15) is 0 Å². The van der Waals surface area contributed by atoms with E-state index in [4.69, 9.17) is 10.8 Å². The minimum atomic E-state index is 0.204. The Hall–Kier alpha value is -1.18. The molecule has 9 heavy (non-hydrogen) atoms. The maximum absolute atomic E-state index is 8.99. The number of hydrogen-bond acceptors (Lipinski definition) is 2. The fraction of sp³-hybridized carbons (Fsp3) is 0.143. The normalized spacial score (nSPS) is 18.9. The smallest absolute Gasteiger partial charge is 0.120 e. The predicted octanol–water partition coefficient (Wildman–Crippen LogP) is 1.23. The first-order valence-electron chi connectivity index (χ1n) is 2.74. The molecule has 0 radical (unpaired) electrons. The second kappa shape index (κ2) is 1.97. The summed E-state index contributed by atoms with van der Waals surface area (Å²) in [6, 6.07) is 0. The lowest BCUT2D eigenvalue weighted by Gasteiger charge is -2.07. The van der Waals surface area contributed by atoms with Gasteiger partial charge in [0.1, 0.15) is 5.76 Å². The maximum atomic E-state index is 8.99. The van der Waals surface area contributed by atoms with Gasteiger partial charge in [-0.3, -0.25) is 0 Å². The van der Waals surface area contributed by atoms with Gasteiger partial charge in [0.2, 0.25) is 0 Å². The van der Waals surface area contributed by atoms with Crippen molar-refractivity contribution in [3.63, 3.8) is 0 Å². The fourth-order valence-electron chi connectivity index (χ4n) is 0.664. The molecule has 0 aromatic heterocycles. The molecule has 2 heteroatoms. The predicted molar refractivity (Wildman–Crippen MR) is 36.7 cm³/mol. The molecule has 0 aromatic rings. The van der Waals surface area contributed by atoms with Crippen LogP contribution < -0.4 is 5.73 Å². The van der Waals surface area contributed by atoms with Crippen LogP contribution in [0.2, 0.25) is 0 Å². The molecule has 0 saturated heterocycles. The van der Waals surface area contributed by atoms with Gasteiger partial charge in [0, 0.05) is 11.8 Å². The molecule has 0 heterocycles. The third-order valence-electron chi connectivity index (χ3n) is 1.25. The molecule has 0 saturated carbocycles. The zero-order valence-corrected chi connectivity index (χ0v) is 5.09. The Morgan fingerprint density at radius 2 is 2.33 bits per heavy atom. The molecule has 0 aliphatic heterocycles. The van der Waals surface area contributed by atoms with E-state index in [0.717, 1.165) is 5.57 Å². The zero-order valence-electron chi connectivity index (χ0n) is 5.09. The minimum Gasteiger partial charge on any atom is -0.508 e. The minimum absolute atomic E-state index is 0.204. The number of rotatable bonds is 0. The number of aliphatic hydroxyl groups excluding tert-OH is 1. The van der Waals surface area contributed by atoms with E-state index in [1.807, 2.05) is 6.08 Å². The highest BCUT2D eigenvalue weighted by Gasteiger charge is 2.03. The summed E-state index contributed by atoms with van der Waals surface area (Å²) in [6.07, 6.45) is 3.99. The first-order chi connectivity index (χ1) is 4.20. The Labute approximate surface area is 54.0 Å². The largest absolute Gasteiger partial charge is 0.508 e. The fourth-order valence-corrected chi connectivity index (χ4v) is 0.664. The lowest BCUT2D eigenvalue weighted by Crippen LogP contribution is -2.01. The standard InChI is InChI=1S/C7H9NO/c1-5-2-3-6(8)4-7(5)9/h3-4,9H,1-2,8H2. The number of aliphatic hydroxyl groups is 1. The van der Waals surface area contributed by atoms with Crippen LogP contribution in [0.5, 0.6) is 0 Å². The molecule has 1 aliphatic rings. The highest BCUT2D eigenvalue weighted by molar-refractivity contribution is 5.36. The Morgan fingerprint density at radius 1 is 1.67 bits per heavy atom. The average molecular weight is 123 g/mol. The molecule has 0 bridgehead atoms. The number of nitrogens with two attached hydrogens (primary N) is 1. The van der Waals surface area contributed by atoms with E-state index < -0.39 is 0 Å². The van der Waals surface area contributed by atoms with Crippen molar-refractivity contribution in [2.75, 3.05) is 0 Å². The van der Waals surface area contributed by atoms with Crippen LogP contribution in [-0.2, 0) is 0 Å². The Morgan fingerprint density at radius 3 is 2.78 bits per heavy atom. The van der Waals surface area contributed by atoms with Crippen LogP contribution in [0.1, 0.15) is 6.42 Å². The van der Waals surface area contributed by atoms with Gasteiger partial charge in [0.05, 0.1) is 0 Å². The van der Waals surface area contributed by atoms with Crippen molar-refractivity contribution in [2.24, 2.45) is 5.73 Å². The molecular formula is C7H9NO. The molecule has 2 nitrogen and oxygen atoms in total. The monoisotopic (exact) mass is 123 g/mol. The third kappa shape index (κ3) is 1.13. The van der Waals surface area contributed by atoms with E-state index in [2.05, 4.69) is 6.58 Å². The summed E-state index contributed by atoms with van der Waals surface area (Å²) in [7, 11) is 0. The van der Waals surface area contributed by atoms with Gasteiger partial charge >= 0.3 is 0 Å². The van der Waals surface area contributed by atoms with E-state index in [9.17, 15) is 0 Å². The third-order valence-corrected chi connectivity index (χ3v) is 1.25. The zero-order chi connectivity index (χ0) is 6.85. The molecule has 1 rings (SSSR count). The molecular weight excluding hydrogens is 114 g/mol. The van der Waals surface area contributed by atoms with Gasteiger partial charge in [-0.25, -0.2) is 0 Å². The highest BCUT2D eigenvalue weighted by Crippen LogP contribution is 2.16. The van der Waals surface area contributed by atoms with Gasteiger partial charge in [-0.05, 0) is 12.0 Å². The SMILES string of the molecule is C=C1CC=C(N)C=C1O. The molecule has 0 unspecified atom stereocenters. The van der Waals surface area contributed by atoms with Crippen molar-refractivity contribution >= 4 is 0 Å². The van der Waals surface area contributed by atoms with Crippen LogP contribution >= 0.6 is 0 Å². The van der Waals surface area contributed by atoms with Crippen LogP contribution in [0.3, 0.4) is 0 Å². The Kier molecular flexibility index (Phi) is 1.30. The topological polar surface area (TPSA) is 46.2 Å². The van der Waals surface area contributed by atoms with E-state index in [0.29, 0.717) is 12.1 Å².